The van der Waals surface area contributed by atoms with Crippen LogP contribution < -0.4 is 5.32 Å². The van der Waals surface area contributed by atoms with Crippen LogP contribution in [0.25, 0.3) is 0 Å². The molecule has 0 spiro atoms. The van der Waals surface area contributed by atoms with Crippen LogP contribution in [0.1, 0.15) is 37.8 Å². The van der Waals surface area contributed by atoms with Crippen LogP contribution in [0.15, 0.2) is 18.2 Å². The minimum Gasteiger partial charge on any atom is -0.310 e. The molecule has 6 heteroatoms. The first-order valence-electron chi connectivity index (χ1n) is 6.08. The van der Waals surface area contributed by atoms with Crippen LogP contribution >= 0.6 is 23.2 Å². The van der Waals surface area contributed by atoms with Gasteiger partial charge in [-0.1, -0.05) is 36.2 Å². The van der Waals surface area contributed by atoms with Crippen molar-refractivity contribution in [1.29, 1.82) is 0 Å². The van der Waals surface area contributed by atoms with Crippen molar-refractivity contribution >= 4 is 23.2 Å². The van der Waals surface area contributed by atoms with Crippen molar-refractivity contribution in [2.45, 2.75) is 38.4 Å². The molecule has 0 saturated heterocycles. The molecule has 0 fully saturated rings. The van der Waals surface area contributed by atoms with Gasteiger partial charge in [-0.05, 0) is 37.1 Å². The summed E-state index contributed by atoms with van der Waals surface area (Å²) >= 11 is 11.8. The van der Waals surface area contributed by atoms with Crippen molar-refractivity contribution in [2.24, 2.45) is 0 Å². The summed E-state index contributed by atoms with van der Waals surface area (Å²) < 4.78 is 36.1. The molecule has 19 heavy (non-hydrogen) atoms. The SMILES string of the molecule is CCC(NCCCC(F)(F)F)c1ccc(Cl)c(Cl)c1. The Morgan fingerprint density at radius 1 is 1.21 bits per heavy atom. The predicted octanol–water partition coefficient (Wildman–Crippen LogP) is 5.38. The maximum Gasteiger partial charge on any atom is 0.389 e. The zero-order valence-electron chi connectivity index (χ0n) is 10.5. The quantitative estimate of drug-likeness (QED) is 0.695. The molecule has 0 aromatic heterocycles. The summed E-state index contributed by atoms with van der Waals surface area (Å²) in [5.41, 5.74) is 0.934. The second-order valence-electron chi connectivity index (χ2n) is 4.31. The predicted molar refractivity (Wildman–Crippen MR) is 72.8 cm³/mol. The summed E-state index contributed by atoms with van der Waals surface area (Å²) in [6, 6.07) is 5.26. The molecule has 1 unspecified atom stereocenters. The van der Waals surface area contributed by atoms with Gasteiger partial charge in [0.05, 0.1) is 10.0 Å². The second kappa shape index (κ2) is 7.36. The number of nitrogens with one attached hydrogen (secondary N) is 1. The van der Waals surface area contributed by atoms with Gasteiger partial charge in [-0.15, -0.1) is 0 Å². The van der Waals surface area contributed by atoms with Crippen LogP contribution in [-0.2, 0) is 0 Å². The maximum atomic E-state index is 12.0. The first-order chi connectivity index (χ1) is 8.83. The van der Waals surface area contributed by atoms with E-state index in [-0.39, 0.29) is 12.5 Å². The molecule has 0 radical (unpaired) electrons. The Balaban J connectivity index is 2.51. The average Bonchev–Trinajstić information content (AvgIpc) is 2.32. The first-order valence-corrected chi connectivity index (χ1v) is 6.84. The topological polar surface area (TPSA) is 12.0 Å². The molecule has 1 aromatic rings. The van der Waals surface area contributed by atoms with Crippen LogP contribution in [-0.4, -0.2) is 12.7 Å². The van der Waals surface area contributed by atoms with E-state index in [1.54, 1.807) is 12.1 Å². The van der Waals surface area contributed by atoms with Crippen LogP contribution in [0, 0.1) is 0 Å². The molecule has 0 aliphatic rings. The minimum absolute atomic E-state index is 0.0111. The fourth-order valence-electron chi connectivity index (χ4n) is 1.79. The lowest BCUT2D eigenvalue weighted by atomic mass is 10.0. The zero-order chi connectivity index (χ0) is 14.5. The molecule has 0 bridgehead atoms. The van der Waals surface area contributed by atoms with Gasteiger partial charge < -0.3 is 5.32 Å². The van der Waals surface area contributed by atoms with E-state index >= 15 is 0 Å². The van der Waals surface area contributed by atoms with E-state index in [4.69, 9.17) is 23.2 Å². The fourth-order valence-corrected chi connectivity index (χ4v) is 2.10. The molecular formula is C13H16Cl2F3N. The summed E-state index contributed by atoms with van der Waals surface area (Å²) in [5.74, 6) is 0. The van der Waals surface area contributed by atoms with Gasteiger partial charge in [0.2, 0.25) is 0 Å². The molecule has 1 rings (SSSR count). The number of halogens is 5. The van der Waals surface area contributed by atoms with Gasteiger partial charge in [-0.25, -0.2) is 0 Å². The van der Waals surface area contributed by atoms with Crippen molar-refractivity contribution in [2.75, 3.05) is 6.54 Å². The molecule has 1 atom stereocenters. The molecule has 0 aliphatic heterocycles. The standard InChI is InChI=1S/C13H16Cl2F3N/c1-2-12(19-7-3-6-13(16,17)18)9-4-5-10(14)11(15)8-9/h4-5,8,12,19H,2-3,6-7H2,1H3. The fraction of sp³-hybridized carbons (Fsp3) is 0.538. The third-order valence-electron chi connectivity index (χ3n) is 2.78. The summed E-state index contributed by atoms with van der Waals surface area (Å²) in [6.45, 7) is 2.28. The highest BCUT2D eigenvalue weighted by molar-refractivity contribution is 6.42. The summed E-state index contributed by atoms with van der Waals surface area (Å²) in [4.78, 5) is 0. The molecule has 1 aromatic carbocycles. The summed E-state index contributed by atoms with van der Waals surface area (Å²) in [6.07, 6.45) is -4.02. The van der Waals surface area contributed by atoms with Crippen molar-refractivity contribution in [1.82, 2.24) is 5.32 Å². The molecule has 0 aliphatic carbocycles. The van der Waals surface area contributed by atoms with Gasteiger partial charge >= 0.3 is 6.18 Å². The number of alkyl halides is 3. The van der Waals surface area contributed by atoms with Gasteiger partial charge in [0, 0.05) is 12.5 Å². The van der Waals surface area contributed by atoms with Gasteiger partial charge in [0.25, 0.3) is 0 Å². The summed E-state index contributed by atoms with van der Waals surface area (Å²) in [5, 5.41) is 4.03. The van der Waals surface area contributed by atoms with Gasteiger partial charge in [-0.3, -0.25) is 0 Å². The van der Waals surface area contributed by atoms with E-state index in [0.29, 0.717) is 16.6 Å². The zero-order valence-corrected chi connectivity index (χ0v) is 12.0. The monoisotopic (exact) mass is 313 g/mol. The van der Waals surface area contributed by atoms with E-state index in [0.717, 1.165) is 12.0 Å². The van der Waals surface area contributed by atoms with Gasteiger partial charge in [0.1, 0.15) is 0 Å². The Morgan fingerprint density at radius 3 is 2.42 bits per heavy atom. The third-order valence-corrected chi connectivity index (χ3v) is 3.52. The van der Waals surface area contributed by atoms with E-state index in [1.165, 1.54) is 0 Å². The van der Waals surface area contributed by atoms with Crippen LogP contribution in [0.5, 0.6) is 0 Å². The number of hydrogen-bond donors (Lipinski definition) is 1. The molecule has 108 valence electrons. The van der Waals surface area contributed by atoms with E-state index < -0.39 is 12.6 Å². The first kappa shape index (κ1) is 16.6. The lowest BCUT2D eigenvalue weighted by molar-refractivity contribution is -0.135. The Bertz CT molecular complexity index is 407. The van der Waals surface area contributed by atoms with Crippen LogP contribution in [0.3, 0.4) is 0 Å². The van der Waals surface area contributed by atoms with E-state index in [2.05, 4.69) is 5.32 Å². The Morgan fingerprint density at radius 2 is 1.89 bits per heavy atom. The van der Waals surface area contributed by atoms with Crippen molar-refractivity contribution in [3.8, 4) is 0 Å². The highest BCUT2D eigenvalue weighted by Gasteiger charge is 2.26. The van der Waals surface area contributed by atoms with E-state index in [1.807, 2.05) is 13.0 Å². The lowest BCUT2D eigenvalue weighted by Gasteiger charge is -2.18. The number of rotatable bonds is 6. The van der Waals surface area contributed by atoms with Crippen LogP contribution in [0.2, 0.25) is 10.0 Å². The lowest BCUT2D eigenvalue weighted by Crippen LogP contribution is -2.23. The molecule has 0 heterocycles. The molecule has 1 N–H and O–H groups in total. The van der Waals surface area contributed by atoms with Crippen molar-refractivity contribution < 1.29 is 13.2 Å². The molecule has 0 saturated carbocycles. The molecule has 0 amide bonds. The molecular weight excluding hydrogens is 298 g/mol. The Kier molecular flexibility index (Phi) is 6.43. The van der Waals surface area contributed by atoms with Gasteiger partial charge in [0.15, 0.2) is 0 Å². The smallest absolute Gasteiger partial charge is 0.310 e. The third kappa shape index (κ3) is 6.02. The minimum atomic E-state index is -4.09. The van der Waals surface area contributed by atoms with E-state index in [9.17, 15) is 13.2 Å². The Hall–Kier alpha value is -0.450. The van der Waals surface area contributed by atoms with Gasteiger partial charge in [-0.2, -0.15) is 13.2 Å². The highest BCUT2D eigenvalue weighted by atomic mass is 35.5. The summed E-state index contributed by atoms with van der Waals surface area (Å²) in [7, 11) is 0. The number of benzene rings is 1. The Labute approximate surface area is 121 Å². The van der Waals surface area contributed by atoms with Crippen LogP contribution in [0.4, 0.5) is 13.2 Å². The maximum absolute atomic E-state index is 12.0. The normalized spacial score (nSPS) is 13.6. The second-order valence-corrected chi connectivity index (χ2v) is 5.12. The average molecular weight is 314 g/mol. The van der Waals surface area contributed by atoms with Crippen molar-refractivity contribution in [3.63, 3.8) is 0 Å². The molecule has 1 nitrogen and oxygen atoms in total. The van der Waals surface area contributed by atoms with Crippen molar-refractivity contribution in [3.05, 3.63) is 33.8 Å². The highest BCUT2D eigenvalue weighted by Crippen LogP contribution is 2.27. The number of hydrogen-bond acceptors (Lipinski definition) is 1. The largest absolute Gasteiger partial charge is 0.389 e.